The van der Waals surface area contributed by atoms with E-state index >= 15 is 0 Å². The number of fused-ring (bicyclic) bond motifs is 1. The van der Waals surface area contributed by atoms with Gasteiger partial charge in [-0.15, -0.1) is 20.4 Å². The van der Waals surface area contributed by atoms with E-state index in [9.17, 15) is 21.6 Å². The predicted octanol–water partition coefficient (Wildman–Crippen LogP) is 5.93. The van der Waals surface area contributed by atoms with Crippen LogP contribution in [0, 0.1) is 0 Å². The number of alkyl halides is 3. The van der Waals surface area contributed by atoms with Crippen LogP contribution >= 0.6 is 11.3 Å². The molecule has 0 fully saturated rings. The number of nitrogens with zero attached hydrogens (tertiary/aromatic N) is 5. The summed E-state index contributed by atoms with van der Waals surface area (Å²) in [5, 5.41) is 15.4. The zero-order chi connectivity index (χ0) is 23.5. The van der Waals surface area contributed by atoms with Gasteiger partial charge in [-0.05, 0) is 44.2 Å². The highest BCUT2D eigenvalue weighted by Gasteiger charge is 2.47. The molecule has 0 saturated heterocycles. The lowest BCUT2D eigenvalue weighted by Gasteiger charge is -2.44. The number of hydrogen-bond acceptors (Lipinski definition) is 8. The summed E-state index contributed by atoms with van der Waals surface area (Å²) in [4.78, 5) is 2.22. The Kier molecular flexibility index (Phi) is 7.38. The van der Waals surface area contributed by atoms with Crippen LogP contribution in [-0.2, 0) is 16.4 Å². The fourth-order valence-electron chi connectivity index (χ4n) is 4.04. The third kappa shape index (κ3) is 4.87. The largest absolute Gasteiger partial charge is 0.516 e. The highest BCUT2D eigenvalue weighted by Crippen LogP contribution is 2.44. The van der Waals surface area contributed by atoms with E-state index in [0.717, 1.165) is 36.3 Å². The first-order chi connectivity index (χ1) is 15.1. The lowest BCUT2D eigenvalue weighted by atomic mass is 9.90. The zero-order valence-corrected chi connectivity index (χ0v) is 19.6. The Morgan fingerprint density at radius 1 is 1.25 bits per heavy atom. The highest BCUT2D eigenvalue weighted by molar-refractivity contribution is 7.93. The van der Waals surface area contributed by atoms with E-state index < -0.39 is 15.5 Å². The molecule has 32 heavy (non-hydrogen) atoms. The number of rotatable bonds is 8. The molecule has 13 heteroatoms. The molecule has 1 atom stereocenters. The first kappa shape index (κ1) is 24.4. The van der Waals surface area contributed by atoms with Crippen LogP contribution in [0.4, 0.5) is 35.4 Å². The highest BCUT2D eigenvalue weighted by atomic mass is 32.2. The summed E-state index contributed by atoms with van der Waals surface area (Å²) in [5.41, 5.74) is -3.01. The van der Waals surface area contributed by atoms with E-state index in [1.807, 2.05) is 0 Å². The second kappa shape index (κ2) is 9.69. The lowest BCUT2D eigenvalue weighted by molar-refractivity contribution is -0.0429. The molecule has 0 aliphatic carbocycles. The minimum atomic E-state index is -5.64. The second-order valence-corrected chi connectivity index (χ2v) is 9.89. The SMILES string of the molecule is CCC(CC)N1c2ccc(N=Nc3nncs3)c(NS(=O)(=O)C(F)(F)F)c2CCC1CC. The Bertz CT molecular complexity index is 1050. The Labute approximate surface area is 189 Å². The Morgan fingerprint density at radius 3 is 2.53 bits per heavy atom. The molecule has 3 rings (SSSR count). The van der Waals surface area contributed by atoms with Crippen molar-refractivity contribution in [1.29, 1.82) is 0 Å². The molecule has 1 N–H and O–H groups in total. The Morgan fingerprint density at radius 2 is 1.97 bits per heavy atom. The molecule has 0 bridgehead atoms. The fraction of sp³-hybridized carbons (Fsp3) is 0.579. The molecule has 1 aromatic carbocycles. The number of halogens is 3. The van der Waals surface area contributed by atoms with E-state index in [0.29, 0.717) is 18.4 Å². The summed E-state index contributed by atoms with van der Waals surface area (Å²) < 4.78 is 65.3. The van der Waals surface area contributed by atoms with Crippen LogP contribution in [0.2, 0.25) is 0 Å². The second-order valence-electron chi connectivity index (χ2n) is 7.41. The molecule has 1 aromatic heterocycles. The number of aromatic nitrogens is 2. The van der Waals surface area contributed by atoms with Crippen molar-refractivity contribution in [2.75, 3.05) is 9.62 Å². The minimum Gasteiger partial charge on any atom is -0.365 e. The van der Waals surface area contributed by atoms with Crippen molar-refractivity contribution in [2.24, 2.45) is 10.2 Å². The first-order valence-corrected chi connectivity index (χ1v) is 12.7. The molecule has 2 aromatic rings. The molecular formula is C19H25F3N6O2S2. The van der Waals surface area contributed by atoms with Crippen molar-refractivity contribution in [2.45, 2.75) is 70.5 Å². The number of hydrogen-bond donors (Lipinski definition) is 1. The normalized spacial score (nSPS) is 17.2. The van der Waals surface area contributed by atoms with Gasteiger partial charge in [0.2, 0.25) is 0 Å². The number of benzene rings is 1. The third-order valence-corrected chi connectivity index (χ3v) is 7.26. The number of nitrogens with one attached hydrogen (secondary N) is 1. The van der Waals surface area contributed by atoms with Crippen LogP contribution < -0.4 is 9.62 Å². The van der Waals surface area contributed by atoms with Gasteiger partial charge in [0.1, 0.15) is 11.2 Å². The van der Waals surface area contributed by atoms with Gasteiger partial charge in [-0.2, -0.15) is 21.6 Å². The van der Waals surface area contributed by atoms with Crippen molar-refractivity contribution >= 4 is 43.6 Å². The lowest BCUT2D eigenvalue weighted by Crippen LogP contribution is -2.46. The van der Waals surface area contributed by atoms with Crippen LogP contribution in [0.15, 0.2) is 27.9 Å². The number of sulfonamides is 1. The standard InChI is InChI=1S/C19H25F3N6O2S2/c1-4-12(5-2)28-13(6-3)7-8-14-16(28)10-9-15(24-26-18-25-23-11-31-18)17(14)27-32(29,30)19(20,21)22/h9-13,27H,4-8H2,1-3H3. The molecule has 8 nitrogen and oxygen atoms in total. The summed E-state index contributed by atoms with van der Waals surface area (Å²) in [6.07, 6.45) is 3.70. The summed E-state index contributed by atoms with van der Waals surface area (Å²) in [7, 11) is -5.64. The predicted molar refractivity (Wildman–Crippen MR) is 118 cm³/mol. The molecule has 1 unspecified atom stereocenters. The summed E-state index contributed by atoms with van der Waals surface area (Å²) in [6.45, 7) is 6.20. The van der Waals surface area contributed by atoms with E-state index in [-0.39, 0.29) is 28.6 Å². The first-order valence-electron chi connectivity index (χ1n) is 10.3. The van der Waals surface area contributed by atoms with Gasteiger partial charge in [-0.3, -0.25) is 4.72 Å². The van der Waals surface area contributed by atoms with Gasteiger partial charge in [-0.25, -0.2) is 0 Å². The van der Waals surface area contributed by atoms with Crippen molar-refractivity contribution < 1.29 is 21.6 Å². The smallest absolute Gasteiger partial charge is 0.365 e. The van der Waals surface area contributed by atoms with Gasteiger partial charge >= 0.3 is 15.5 Å². The molecule has 2 heterocycles. The molecule has 0 radical (unpaired) electrons. The van der Waals surface area contributed by atoms with Crippen molar-refractivity contribution in [3.8, 4) is 0 Å². The van der Waals surface area contributed by atoms with E-state index in [1.165, 1.54) is 11.6 Å². The average Bonchev–Trinajstić information content (AvgIpc) is 3.26. The maximum Gasteiger partial charge on any atom is 0.516 e. The molecule has 0 saturated carbocycles. The van der Waals surface area contributed by atoms with Crippen molar-refractivity contribution in [3.05, 3.63) is 23.2 Å². The molecule has 0 amide bonds. The summed E-state index contributed by atoms with van der Waals surface area (Å²) in [5.74, 6) is 0. The monoisotopic (exact) mass is 490 g/mol. The molecule has 1 aliphatic heterocycles. The van der Waals surface area contributed by atoms with Crippen LogP contribution in [0.3, 0.4) is 0 Å². The van der Waals surface area contributed by atoms with Gasteiger partial charge in [0.25, 0.3) is 5.13 Å². The van der Waals surface area contributed by atoms with Gasteiger partial charge in [-0.1, -0.05) is 32.1 Å². The zero-order valence-electron chi connectivity index (χ0n) is 17.9. The molecule has 1 aliphatic rings. The molecule has 0 spiro atoms. The van der Waals surface area contributed by atoms with E-state index in [2.05, 4.69) is 46.1 Å². The van der Waals surface area contributed by atoms with Gasteiger partial charge in [0.15, 0.2) is 0 Å². The number of azo groups is 1. The van der Waals surface area contributed by atoms with Crippen LogP contribution in [0.1, 0.15) is 52.0 Å². The van der Waals surface area contributed by atoms with Crippen LogP contribution in [-0.4, -0.2) is 36.2 Å². The molecule has 176 valence electrons. The van der Waals surface area contributed by atoms with E-state index in [1.54, 1.807) is 10.8 Å². The summed E-state index contributed by atoms with van der Waals surface area (Å²) in [6, 6.07) is 3.67. The average molecular weight is 491 g/mol. The quantitative estimate of drug-likeness (QED) is 0.462. The van der Waals surface area contributed by atoms with Gasteiger partial charge in [0, 0.05) is 23.3 Å². The Balaban J connectivity index is 2.17. The van der Waals surface area contributed by atoms with Crippen LogP contribution in [0.5, 0.6) is 0 Å². The van der Waals surface area contributed by atoms with Crippen molar-refractivity contribution in [3.63, 3.8) is 0 Å². The van der Waals surface area contributed by atoms with E-state index in [4.69, 9.17) is 0 Å². The van der Waals surface area contributed by atoms with Crippen molar-refractivity contribution in [1.82, 2.24) is 10.2 Å². The Hall–Kier alpha value is -2.28. The maximum atomic E-state index is 13.2. The van der Waals surface area contributed by atoms with Crippen LogP contribution in [0.25, 0.3) is 0 Å². The molecular weight excluding hydrogens is 465 g/mol. The fourth-order valence-corrected chi connectivity index (χ4v) is 5.02. The minimum absolute atomic E-state index is 0.00813. The maximum absolute atomic E-state index is 13.2. The summed E-state index contributed by atoms with van der Waals surface area (Å²) >= 11 is 1.10. The topological polar surface area (TPSA) is 99.9 Å². The van der Waals surface area contributed by atoms with Gasteiger partial charge < -0.3 is 4.90 Å². The van der Waals surface area contributed by atoms with Gasteiger partial charge in [0.05, 0.1) is 5.69 Å². The third-order valence-electron chi connectivity index (χ3n) is 5.61. The number of anilines is 2.